The van der Waals surface area contributed by atoms with E-state index in [2.05, 4.69) is 66.3 Å². The number of ether oxygens (including phenoxy) is 1. The maximum atomic E-state index is 12.8. The lowest BCUT2D eigenvalue weighted by Gasteiger charge is -2.45. The van der Waals surface area contributed by atoms with Crippen LogP contribution in [0, 0.1) is 0 Å². The van der Waals surface area contributed by atoms with Crippen LogP contribution in [-0.4, -0.2) is 36.1 Å². The van der Waals surface area contributed by atoms with Crippen LogP contribution in [0.3, 0.4) is 0 Å². The van der Waals surface area contributed by atoms with Gasteiger partial charge in [-0.2, -0.15) is 0 Å². The van der Waals surface area contributed by atoms with Gasteiger partial charge in [-0.15, -0.1) is 11.3 Å². The average molecular weight is 469 g/mol. The highest BCUT2D eigenvalue weighted by Gasteiger charge is 2.42. The summed E-state index contributed by atoms with van der Waals surface area (Å²) in [6.45, 7) is 5.70. The van der Waals surface area contributed by atoms with E-state index in [0.29, 0.717) is 25.8 Å². The molecule has 2 N–H and O–H groups in total. The molecule has 2 atom stereocenters. The molecule has 178 valence electrons. The first kappa shape index (κ1) is 24.0. The van der Waals surface area contributed by atoms with Crippen molar-refractivity contribution in [3.63, 3.8) is 0 Å². The first-order valence-corrected chi connectivity index (χ1v) is 13.0. The van der Waals surface area contributed by atoms with Crippen molar-refractivity contribution in [3.8, 4) is 0 Å². The van der Waals surface area contributed by atoms with Gasteiger partial charge in [0.25, 0.3) is 0 Å². The van der Waals surface area contributed by atoms with E-state index in [0.717, 1.165) is 38.7 Å². The molecule has 2 aromatic rings. The first-order valence-electron chi connectivity index (χ1n) is 12.1. The van der Waals surface area contributed by atoms with Crippen LogP contribution in [0.2, 0.25) is 0 Å². The second-order valence-corrected chi connectivity index (χ2v) is 11.4. The zero-order valence-corrected chi connectivity index (χ0v) is 20.6. The summed E-state index contributed by atoms with van der Waals surface area (Å²) in [6.07, 6.45) is 6.05. The molecule has 2 fully saturated rings. The number of benzene rings is 1. The average Bonchev–Trinajstić information content (AvgIpc) is 3.42. The Labute approximate surface area is 201 Å². The molecule has 0 saturated carbocycles. The molecule has 2 aliphatic rings. The van der Waals surface area contributed by atoms with Crippen LogP contribution < -0.4 is 10.6 Å². The summed E-state index contributed by atoms with van der Waals surface area (Å²) in [6, 6.07) is 14.8. The van der Waals surface area contributed by atoms with Crippen LogP contribution >= 0.6 is 11.3 Å². The predicted octanol–water partition coefficient (Wildman–Crippen LogP) is 4.75. The Morgan fingerprint density at radius 2 is 1.94 bits per heavy atom. The van der Waals surface area contributed by atoms with Gasteiger partial charge in [-0.1, -0.05) is 36.4 Å². The molecule has 0 bridgehead atoms. The van der Waals surface area contributed by atoms with Crippen LogP contribution in [0.15, 0.2) is 47.8 Å². The van der Waals surface area contributed by atoms with Crippen molar-refractivity contribution in [2.24, 2.45) is 0 Å². The highest BCUT2D eigenvalue weighted by atomic mass is 32.1. The van der Waals surface area contributed by atoms with Crippen LogP contribution in [0.25, 0.3) is 0 Å². The molecular formula is C27H36N2O3S. The minimum atomic E-state index is -0.296. The molecule has 2 amide bonds. The SMILES string of the molecule is CC1(C)C[C@@](CCNC(=O)CC[C@]2(Cc3cccs3)CCC(=O)N2)(c2ccccc2)CCO1. The van der Waals surface area contributed by atoms with Gasteiger partial charge in [0, 0.05) is 48.2 Å². The Kier molecular flexibility index (Phi) is 7.25. The zero-order chi connectivity index (χ0) is 23.4. The van der Waals surface area contributed by atoms with Gasteiger partial charge in [0.05, 0.1) is 5.60 Å². The van der Waals surface area contributed by atoms with E-state index < -0.39 is 0 Å². The molecule has 6 heteroatoms. The molecule has 0 spiro atoms. The lowest BCUT2D eigenvalue weighted by molar-refractivity contribution is -0.123. The molecule has 33 heavy (non-hydrogen) atoms. The molecule has 5 nitrogen and oxygen atoms in total. The van der Waals surface area contributed by atoms with E-state index in [1.54, 1.807) is 11.3 Å². The third kappa shape index (κ3) is 6.04. The largest absolute Gasteiger partial charge is 0.376 e. The van der Waals surface area contributed by atoms with Crippen molar-refractivity contribution in [2.45, 2.75) is 81.8 Å². The van der Waals surface area contributed by atoms with E-state index in [4.69, 9.17) is 4.74 Å². The van der Waals surface area contributed by atoms with E-state index in [1.165, 1.54) is 10.4 Å². The second kappa shape index (κ2) is 9.98. The minimum absolute atomic E-state index is 0.0100. The van der Waals surface area contributed by atoms with E-state index >= 15 is 0 Å². The Balaban J connectivity index is 1.34. The molecule has 0 aliphatic carbocycles. The first-order chi connectivity index (χ1) is 15.8. The molecule has 0 radical (unpaired) electrons. The summed E-state index contributed by atoms with van der Waals surface area (Å²) >= 11 is 1.71. The monoisotopic (exact) mass is 468 g/mol. The Bertz CT molecular complexity index is 944. The van der Waals surface area contributed by atoms with Crippen LogP contribution in [-0.2, 0) is 26.2 Å². The molecule has 0 unspecified atom stereocenters. The van der Waals surface area contributed by atoms with Crippen molar-refractivity contribution >= 4 is 23.2 Å². The number of rotatable bonds is 9. The van der Waals surface area contributed by atoms with Crippen molar-refractivity contribution in [1.29, 1.82) is 0 Å². The highest BCUT2D eigenvalue weighted by molar-refractivity contribution is 7.09. The maximum absolute atomic E-state index is 12.8. The zero-order valence-electron chi connectivity index (χ0n) is 19.8. The van der Waals surface area contributed by atoms with Crippen LogP contribution in [0.5, 0.6) is 0 Å². The fraction of sp³-hybridized carbons (Fsp3) is 0.556. The Hall–Kier alpha value is -2.18. The van der Waals surface area contributed by atoms with Crippen molar-refractivity contribution < 1.29 is 14.3 Å². The fourth-order valence-corrected chi connectivity index (χ4v) is 6.53. The lowest BCUT2D eigenvalue weighted by Crippen LogP contribution is -2.46. The summed E-state index contributed by atoms with van der Waals surface area (Å²) in [5.74, 6) is 0.162. The second-order valence-electron chi connectivity index (χ2n) is 10.4. The molecule has 3 heterocycles. The summed E-state index contributed by atoms with van der Waals surface area (Å²) in [4.78, 5) is 26.0. The van der Waals surface area contributed by atoms with Crippen LogP contribution in [0.4, 0.5) is 0 Å². The van der Waals surface area contributed by atoms with Gasteiger partial charge in [-0.05, 0) is 63.0 Å². The summed E-state index contributed by atoms with van der Waals surface area (Å²) < 4.78 is 6.01. The predicted molar refractivity (Wildman–Crippen MR) is 132 cm³/mol. The van der Waals surface area contributed by atoms with E-state index in [1.807, 2.05) is 6.07 Å². The highest BCUT2D eigenvalue weighted by Crippen LogP contribution is 2.43. The number of carbonyl (C=O) groups excluding carboxylic acids is 2. The Morgan fingerprint density at radius 1 is 1.12 bits per heavy atom. The number of amides is 2. The molecule has 2 saturated heterocycles. The molecule has 4 rings (SSSR count). The van der Waals surface area contributed by atoms with Crippen molar-refractivity contribution in [2.75, 3.05) is 13.2 Å². The maximum Gasteiger partial charge on any atom is 0.220 e. The third-order valence-electron chi connectivity index (χ3n) is 7.31. The smallest absolute Gasteiger partial charge is 0.220 e. The van der Waals surface area contributed by atoms with Gasteiger partial charge in [0.1, 0.15) is 0 Å². The third-order valence-corrected chi connectivity index (χ3v) is 8.18. The molecular weight excluding hydrogens is 432 g/mol. The number of carbonyl (C=O) groups is 2. The number of thiophene rings is 1. The topological polar surface area (TPSA) is 67.4 Å². The summed E-state index contributed by atoms with van der Waals surface area (Å²) in [7, 11) is 0. The summed E-state index contributed by atoms with van der Waals surface area (Å²) in [5, 5.41) is 8.41. The number of nitrogens with one attached hydrogen (secondary N) is 2. The normalized spacial score (nSPS) is 26.7. The quantitative estimate of drug-likeness (QED) is 0.558. The van der Waals surface area contributed by atoms with Crippen LogP contribution in [0.1, 0.15) is 69.2 Å². The molecule has 2 aliphatic heterocycles. The number of hydrogen-bond donors (Lipinski definition) is 2. The molecule has 1 aromatic heterocycles. The van der Waals surface area contributed by atoms with Gasteiger partial charge in [-0.25, -0.2) is 0 Å². The standard InChI is InChI=1S/C27H36N2O3S/c1-25(2)20-26(15-17-32-25,21-7-4-3-5-8-21)14-16-28-23(30)10-12-27(13-11-24(31)29-27)19-22-9-6-18-33-22/h3-9,18H,10-17,19-20H2,1-2H3,(H,28,30)(H,29,31)/t26-,27+/m0/s1. The van der Waals surface area contributed by atoms with Gasteiger partial charge in [0.2, 0.25) is 11.8 Å². The number of hydrogen-bond acceptors (Lipinski definition) is 4. The van der Waals surface area contributed by atoms with Gasteiger partial charge in [0.15, 0.2) is 0 Å². The van der Waals surface area contributed by atoms with Crippen molar-refractivity contribution in [1.82, 2.24) is 10.6 Å². The fourth-order valence-electron chi connectivity index (χ4n) is 5.68. The van der Waals surface area contributed by atoms with Gasteiger partial charge >= 0.3 is 0 Å². The van der Waals surface area contributed by atoms with Gasteiger partial charge in [-0.3, -0.25) is 9.59 Å². The van der Waals surface area contributed by atoms with E-state index in [-0.39, 0.29) is 28.4 Å². The van der Waals surface area contributed by atoms with E-state index in [9.17, 15) is 9.59 Å². The Morgan fingerprint density at radius 3 is 2.61 bits per heavy atom. The lowest BCUT2D eigenvalue weighted by atomic mass is 9.67. The minimum Gasteiger partial charge on any atom is -0.376 e. The summed E-state index contributed by atoms with van der Waals surface area (Å²) in [5.41, 5.74) is 0.873. The van der Waals surface area contributed by atoms with Gasteiger partial charge < -0.3 is 15.4 Å². The van der Waals surface area contributed by atoms with Crippen molar-refractivity contribution in [3.05, 3.63) is 58.3 Å². The molecule has 1 aromatic carbocycles.